The van der Waals surface area contributed by atoms with Gasteiger partial charge < -0.3 is 9.64 Å². The summed E-state index contributed by atoms with van der Waals surface area (Å²) in [5, 5.41) is 0. The van der Waals surface area contributed by atoms with Gasteiger partial charge in [-0.15, -0.1) is 0 Å². The predicted molar refractivity (Wildman–Crippen MR) is 59.7 cm³/mol. The van der Waals surface area contributed by atoms with Crippen LogP contribution in [0.5, 0.6) is 0 Å². The summed E-state index contributed by atoms with van der Waals surface area (Å²) in [6.45, 7) is 4.03. The van der Waals surface area contributed by atoms with Gasteiger partial charge in [0.05, 0.1) is 6.42 Å². The molecule has 0 atom stereocenters. The van der Waals surface area contributed by atoms with Crippen molar-refractivity contribution in [2.45, 2.75) is 31.8 Å². The van der Waals surface area contributed by atoms with Gasteiger partial charge in [-0.3, -0.25) is 4.79 Å². The topological polar surface area (TPSA) is 29.5 Å². The molecule has 14 heavy (non-hydrogen) atoms. The van der Waals surface area contributed by atoms with E-state index in [4.69, 9.17) is 4.74 Å². The molecule has 82 valence electrons. The van der Waals surface area contributed by atoms with Crippen molar-refractivity contribution in [1.82, 2.24) is 4.90 Å². The van der Waals surface area contributed by atoms with E-state index in [2.05, 4.69) is 24.6 Å². The third kappa shape index (κ3) is 3.50. The Kier molecular flexibility index (Phi) is 4.26. The van der Waals surface area contributed by atoms with Crippen molar-refractivity contribution in [3.63, 3.8) is 0 Å². The molecule has 3 nitrogen and oxygen atoms in total. The second-order valence-corrected chi connectivity index (χ2v) is 4.65. The molecule has 1 heterocycles. The first kappa shape index (κ1) is 11.9. The predicted octanol–water partition coefficient (Wildman–Crippen LogP) is 1.33. The lowest BCUT2D eigenvalue weighted by Gasteiger charge is -2.37. The summed E-state index contributed by atoms with van der Waals surface area (Å²) >= 11 is 4.01. The molecule has 0 aliphatic carbocycles. The number of thiol groups is 1. The first-order chi connectivity index (χ1) is 6.56. The molecule has 0 bridgehead atoms. The van der Waals surface area contributed by atoms with Gasteiger partial charge in [-0.25, -0.2) is 0 Å². The Bertz CT molecular complexity index is 200. The second kappa shape index (κ2) is 5.03. The first-order valence-corrected chi connectivity index (χ1v) is 5.70. The van der Waals surface area contributed by atoms with Crippen LogP contribution in [0.4, 0.5) is 0 Å². The summed E-state index contributed by atoms with van der Waals surface area (Å²) < 4.78 is 5.45. The number of esters is 1. The normalized spacial score (nSPS) is 21.9. The summed E-state index contributed by atoms with van der Waals surface area (Å²) in [6, 6.07) is 0. The Morgan fingerprint density at radius 1 is 1.50 bits per heavy atom. The van der Waals surface area contributed by atoms with Crippen molar-refractivity contribution in [3.05, 3.63) is 0 Å². The molecular weight excluding hydrogens is 198 g/mol. The minimum Gasteiger partial charge on any atom is -0.459 e. The molecule has 0 aromatic rings. The maximum atomic E-state index is 11.3. The quantitative estimate of drug-likeness (QED) is 0.571. The number of rotatable bonds is 3. The average molecular weight is 217 g/mol. The van der Waals surface area contributed by atoms with Crippen LogP contribution in [0.15, 0.2) is 0 Å². The number of piperidine rings is 1. The lowest BCUT2D eigenvalue weighted by molar-refractivity contribution is -0.161. The zero-order chi connectivity index (χ0) is 10.6. The summed E-state index contributed by atoms with van der Waals surface area (Å²) in [5.41, 5.74) is -0.244. The number of hydrogen-bond acceptors (Lipinski definition) is 4. The number of carbonyl (C=O) groups is 1. The molecule has 0 N–H and O–H groups in total. The van der Waals surface area contributed by atoms with E-state index in [9.17, 15) is 4.79 Å². The van der Waals surface area contributed by atoms with Gasteiger partial charge in [0.25, 0.3) is 0 Å². The zero-order valence-corrected chi connectivity index (χ0v) is 9.85. The Morgan fingerprint density at radius 3 is 2.57 bits per heavy atom. The van der Waals surface area contributed by atoms with E-state index in [-0.39, 0.29) is 11.6 Å². The summed E-state index contributed by atoms with van der Waals surface area (Å²) in [6.07, 6.45) is 2.28. The van der Waals surface area contributed by atoms with Gasteiger partial charge in [-0.2, -0.15) is 12.6 Å². The van der Waals surface area contributed by atoms with Crippen LogP contribution in [-0.2, 0) is 9.53 Å². The first-order valence-electron chi connectivity index (χ1n) is 5.07. The van der Waals surface area contributed by atoms with Gasteiger partial charge in [-0.1, -0.05) is 0 Å². The van der Waals surface area contributed by atoms with E-state index in [1.54, 1.807) is 0 Å². The van der Waals surface area contributed by atoms with Gasteiger partial charge in [0.2, 0.25) is 0 Å². The Labute approximate surface area is 91.2 Å². The van der Waals surface area contributed by atoms with Crippen LogP contribution in [-0.4, -0.2) is 42.4 Å². The highest BCUT2D eigenvalue weighted by Gasteiger charge is 2.32. The summed E-state index contributed by atoms with van der Waals surface area (Å²) in [4.78, 5) is 13.6. The standard InChI is InChI=1S/C10H19NO2S/c1-10(13-9(12)3-8-14)4-6-11(2)7-5-10/h14H,3-8H2,1-2H3. The molecule has 0 aromatic carbocycles. The van der Waals surface area contributed by atoms with E-state index in [1.165, 1.54) is 0 Å². The van der Waals surface area contributed by atoms with E-state index < -0.39 is 0 Å². The molecule has 4 heteroatoms. The van der Waals surface area contributed by atoms with E-state index in [1.807, 2.05) is 6.92 Å². The molecule has 1 rings (SSSR count). The number of hydrogen-bond donors (Lipinski definition) is 1. The van der Waals surface area contributed by atoms with Crippen LogP contribution >= 0.6 is 12.6 Å². The van der Waals surface area contributed by atoms with E-state index in [0.717, 1.165) is 25.9 Å². The highest BCUT2D eigenvalue weighted by atomic mass is 32.1. The molecular formula is C10H19NO2S. The zero-order valence-electron chi connectivity index (χ0n) is 8.95. The maximum absolute atomic E-state index is 11.3. The van der Waals surface area contributed by atoms with Gasteiger partial charge >= 0.3 is 5.97 Å². The van der Waals surface area contributed by atoms with Gasteiger partial charge in [0.1, 0.15) is 5.60 Å². The van der Waals surface area contributed by atoms with Crippen LogP contribution in [0.3, 0.4) is 0 Å². The maximum Gasteiger partial charge on any atom is 0.307 e. The van der Waals surface area contributed by atoms with E-state index >= 15 is 0 Å². The van der Waals surface area contributed by atoms with Crippen LogP contribution < -0.4 is 0 Å². The van der Waals surface area contributed by atoms with Gasteiger partial charge in [0, 0.05) is 18.8 Å². The Balaban J connectivity index is 2.38. The number of ether oxygens (including phenoxy) is 1. The molecule has 0 aromatic heterocycles. The fraction of sp³-hybridized carbons (Fsp3) is 0.900. The number of nitrogens with zero attached hydrogens (tertiary/aromatic N) is 1. The lowest BCUT2D eigenvalue weighted by Crippen LogP contribution is -2.43. The molecule has 1 aliphatic heterocycles. The smallest absolute Gasteiger partial charge is 0.307 e. The van der Waals surface area contributed by atoms with Crippen LogP contribution in [0, 0.1) is 0 Å². The average Bonchev–Trinajstić information content (AvgIpc) is 2.11. The summed E-state index contributed by atoms with van der Waals surface area (Å²) in [5.74, 6) is 0.446. The second-order valence-electron chi connectivity index (χ2n) is 4.20. The number of likely N-dealkylation sites (tertiary alicyclic amines) is 1. The molecule has 0 spiro atoms. The van der Waals surface area contributed by atoms with Crippen molar-refractivity contribution < 1.29 is 9.53 Å². The molecule has 0 radical (unpaired) electrons. The van der Waals surface area contributed by atoms with E-state index in [0.29, 0.717) is 12.2 Å². The van der Waals surface area contributed by atoms with Crippen LogP contribution in [0.1, 0.15) is 26.2 Å². The molecule has 1 saturated heterocycles. The van der Waals surface area contributed by atoms with Crippen molar-refractivity contribution >= 4 is 18.6 Å². The fourth-order valence-corrected chi connectivity index (χ4v) is 1.79. The van der Waals surface area contributed by atoms with Crippen molar-refractivity contribution in [2.24, 2.45) is 0 Å². The SMILES string of the molecule is CN1CCC(C)(OC(=O)CCS)CC1. The van der Waals surface area contributed by atoms with Crippen molar-refractivity contribution in [3.8, 4) is 0 Å². The Morgan fingerprint density at radius 2 is 2.07 bits per heavy atom. The third-order valence-electron chi connectivity index (χ3n) is 2.72. The fourth-order valence-electron chi connectivity index (χ4n) is 1.61. The monoisotopic (exact) mass is 217 g/mol. The third-order valence-corrected chi connectivity index (χ3v) is 2.94. The van der Waals surface area contributed by atoms with Crippen molar-refractivity contribution in [1.29, 1.82) is 0 Å². The molecule has 1 fully saturated rings. The van der Waals surface area contributed by atoms with Crippen LogP contribution in [0.25, 0.3) is 0 Å². The molecule has 0 amide bonds. The highest BCUT2D eigenvalue weighted by Crippen LogP contribution is 2.25. The van der Waals surface area contributed by atoms with Crippen molar-refractivity contribution in [2.75, 3.05) is 25.9 Å². The Hall–Kier alpha value is -0.220. The minimum absolute atomic E-state index is 0.118. The molecule has 1 aliphatic rings. The van der Waals surface area contributed by atoms with Gasteiger partial charge in [-0.05, 0) is 26.8 Å². The van der Waals surface area contributed by atoms with Crippen LogP contribution in [0.2, 0.25) is 0 Å². The minimum atomic E-state index is -0.244. The molecule has 0 saturated carbocycles. The van der Waals surface area contributed by atoms with Gasteiger partial charge in [0.15, 0.2) is 0 Å². The lowest BCUT2D eigenvalue weighted by atomic mass is 9.93. The number of carbonyl (C=O) groups excluding carboxylic acids is 1. The highest BCUT2D eigenvalue weighted by molar-refractivity contribution is 7.80. The molecule has 0 unspecified atom stereocenters. The summed E-state index contributed by atoms with van der Waals surface area (Å²) in [7, 11) is 2.09. The largest absolute Gasteiger partial charge is 0.459 e.